The zero-order chi connectivity index (χ0) is 14.3. The molecule has 3 heteroatoms. The van der Waals surface area contributed by atoms with Gasteiger partial charge in [0.05, 0.1) is 12.7 Å². The average Bonchev–Trinajstić information content (AvgIpc) is 2.37. The fourth-order valence-electron chi connectivity index (χ4n) is 3.87. The summed E-state index contributed by atoms with van der Waals surface area (Å²) >= 11 is 3.72. The Bertz CT molecular complexity index is 400. The zero-order valence-electron chi connectivity index (χ0n) is 12.2. The molecular formula is C16H25BrO2. The maximum absolute atomic E-state index is 10.2. The Morgan fingerprint density at radius 3 is 2.74 bits per heavy atom. The predicted molar refractivity (Wildman–Crippen MR) is 82.5 cm³/mol. The number of aliphatic hydroxyl groups excluding tert-OH is 1. The van der Waals surface area contributed by atoms with E-state index >= 15 is 0 Å². The molecule has 2 aliphatic carbocycles. The molecule has 0 aromatic rings. The summed E-state index contributed by atoms with van der Waals surface area (Å²) in [5.74, 6) is 0. The number of aliphatic hydroxyl groups is 1. The van der Waals surface area contributed by atoms with Crippen LogP contribution >= 0.6 is 15.9 Å². The van der Waals surface area contributed by atoms with Gasteiger partial charge in [-0.3, -0.25) is 0 Å². The number of hydrogen-bond donors (Lipinski definition) is 1. The first kappa shape index (κ1) is 15.3. The van der Waals surface area contributed by atoms with Crippen molar-refractivity contribution in [2.24, 2.45) is 10.8 Å². The molecule has 0 aromatic heterocycles. The first-order valence-corrected chi connectivity index (χ1v) is 7.94. The Morgan fingerprint density at radius 2 is 2.21 bits per heavy atom. The van der Waals surface area contributed by atoms with Gasteiger partial charge in [-0.2, -0.15) is 0 Å². The van der Waals surface area contributed by atoms with Crippen molar-refractivity contribution >= 4 is 15.9 Å². The lowest BCUT2D eigenvalue weighted by atomic mass is 9.50. The molecular weight excluding hydrogens is 304 g/mol. The Balaban J connectivity index is 2.30. The van der Waals surface area contributed by atoms with Gasteiger partial charge in [-0.15, -0.1) is 0 Å². The van der Waals surface area contributed by atoms with Crippen molar-refractivity contribution in [2.75, 3.05) is 13.7 Å². The number of rotatable bonds is 2. The largest absolute Gasteiger partial charge is 0.392 e. The fourth-order valence-corrected chi connectivity index (χ4v) is 4.50. The van der Waals surface area contributed by atoms with Crippen LogP contribution in [0.2, 0.25) is 0 Å². The van der Waals surface area contributed by atoms with E-state index in [0.717, 1.165) is 25.9 Å². The van der Waals surface area contributed by atoms with Gasteiger partial charge in [-0.25, -0.2) is 0 Å². The van der Waals surface area contributed by atoms with Crippen molar-refractivity contribution in [3.8, 4) is 0 Å². The van der Waals surface area contributed by atoms with Gasteiger partial charge in [0.2, 0.25) is 0 Å². The highest BCUT2D eigenvalue weighted by Gasteiger charge is 2.55. The van der Waals surface area contributed by atoms with Crippen LogP contribution in [-0.4, -0.2) is 29.8 Å². The summed E-state index contributed by atoms with van der Waals surface area (Å²) in [6, 6.07) is 0. The van der Waals surface area contributed by atoms with Crippen LogP contribution in [0.3, 0.4) is 0 Å². The molecule has 0 aliphatic heterocycles. The Labute approximate surface area is 125 Å². The smallest absolute Gasteiger partial charge is 0.0707 e. The molecule has 3 atom stereocenters. The topological polar surface area (TPSA) is 29.5 Å². The van der Waals surface area contributed by atoms with Crippen LogP contribution in [-0.2, 0) is 4.74 Å². The Morgan fingerprint density at radius 1 is 1.53 bits per heavy atom. The number of allylic oxidation sites excluding steroid dienone is 1. The zero-order valence-corrected chi connectivity index (χ0v) is 13.8. The molecule has 108 valence electrons. The van der Waals surface area contributed by atoms with Crippen molar-refractivity contribution in [1.29, 1.82) is 0 Å². The van der Waals surface area contributed by atoms with Crippen LogP contribution in [0, 0.1) is 10.8 Å². The van der Waals surface area contributed by atoms with Gasteiger partial charge in [0, 0.05) is 17.4 Å². The highest BCUT2D eigenvalue weighted by molar-refractivity contribution is 9.09. The van der Waals surface area contributed by atoms with Gasteiger partial charge >= 0.3 is 0 Å². The molecule has 2 aliphatic rings. The van der Waals surface area contributed by atoms with Gasteiger partial charge < -0.3 is 9.84 Å². The second kappa shape index (κ2) is 5.34. The van der Waals surface area contributed by atoms with Crippen molar-refractivity contribution in [1.82, 2.24) is 0 Å². The van der Waals surface area contributed by atoms with Crippen LogP contribution in [0.1, 0.15) is 39.5 Å². The first-order valence-electron chi connectivity index (χ1n) is 7.02. The van der Waals surface area contributed by atoms with Crippen molar-refractivity contribution in [2.45, 2.75) is 50.5 Å². The van der Waals surface area contributed by atoms with Gasteiger partial charge in [0.15, 0.2) is 0 Å². The summed E-state index contributed by atoms with van der Waals surface area (Å²) in [7, 11) is 1.75. The molecule has 0 radical (unpaired) electrons. The molecule has 2 rings (SSSR count). The summed E-state index contributed by atoms with van der Waals surface area (Å²) in [6.45, 7) is 9.56. The lowest BCUT2D eigenvalue weighted by molar-refractivity contribution is 0.000302. The van der Waals surface area contributed by atoms with Crippen LogP contribution in [0.15, 0.2) is 23.8 Å². The van der Waals surface area contributed by atoms with E-state index in [9.17, 15) is 5.11 Å². The molecule has 0 aromatic carbocycles. The highest BCUT2D eigenvalue weighted by Crippen LogP contribution is 2.61. The molecule has 0 bridgehead atoms. The Hall–Kier alpha value is -0.120. The number of hydrogen-bond acceptors (Lipinski definition) is 2. The first-order chi connectivity index (χ1) is 8.85. The van der Waals surface area contributed by atoms with E-state index < -0.39 is 0 Å². The van der Waals surface area contributed by atoms with Crippen LogP contribution < -0.4 is 0 Å². The second-order valence-corrected chi connectivity index (χ2v) is 7.57. The van der Waals surface area contributed by atoms with Crippen LogP contribution in [0.5, 0.6) is 0 Å². The van der Waals surface area contributed by atoms with Crippen molar-refractivity contribution < 1.29 is 9.84 Å². The third-order valence-corrected chi connectivity index (χ3v) is 7.09. The van der Waals surface area contributed by atoms with Crippen LogP contribution in [0.4, 0.5) is 0 Å². The number of alkyl halides is 1. The monoisotopic (exact) mass is 328 g/mol. The fraction of sp³-hybridized carbons (Fsp3) is 0.750. The molecule has 1 saturated carbocycles. The third kappa shape index (κ3) is 2.34. The lowest BCUT2D eigenvalue weighted by Gasteiger charge is -2.57. The predicted octanol–water partition coefficient (Wildman–Crippen LogP) is 3.84. The highest BCUT2D eigenvalue weighted by atomic mass is 79.9. The molecule has 1 fully saturated rings. The van der Waals surface area contributed by atoms with E-state index in [0.29, 0.717) is 6.42 Å². The third-order valence-electron chi connectivity index (χ3n) is 5.33. The molecule has 2 nitrogen and oxygen atoms in total. The SMILES string of the molecule is C=C1C[C@H](O)[C@H](Br)C(C)(C)[C@]12CC=C(COC)CC2. The minimum atomic E-state index is -0.322. The molecule has 0 unspecified atom stereocenters. The van der Waals surface area contributed by atoms with Crippen LogP contribution in [0.25, 0.3) is 0 Å². The molecule has 0 amide bonds. The summed E-state index contributed by atoms with van der Waals surface area (Å²) < 4.78 is 5.23. The maximum Gasteiger partial charge on any atom is 0.0707 e. The minimum Gasteiger partial charge on any atom is -0.392 e. The van der Waals surface area contributed by atoms with Crippen molar-refractivity contribution in [3.63, 3.8) is 0 Å². The van der Waals surface area contributed by atoms with E-state index in [1.807, 2.05) is 0 Å². The van der Waals surface area contributed by atoms with E-state index in [1.165, 1.54) is 11.1 Å². The molecule has 19 heavy (non-hydrogen) atoms. The lowest BCUT2D eigenvalue weighted by Crippen LogP contribution is -2.54. The van der Waals surface area contributed by atoms with E-state index in [-0.39, 0.29) is 21.8 Å². The summed E-state index contributed by atoms with van der Waals surface area (Å²) in [5, 5.41) is 10.2. The summed E-state index contributed by atoms with van der Waals surface area (Å²) in [6.07, 6.45) is 5.93. The number of methoxy groups -OCH3 is 1. The van der Waals surface area contributed by atoms with Gasteiger partial charge in [-0.1, -0.05) is 48.0 Å². The molecule has 1 spiro atoms. The van der Waals surface area contributed by atoms with Gasteiger partial charge in [0.1, 0.15) is 0 Å². The number of halogens is 1. The average molecular weight is 329 g/mol. The standard InChI is InChI=1S/C16H25BrO2/c1-11-9-13(18)14(17)15(2,3)16(11)7-5-12(6-8-16)10-19-4/h5,13-14,18H,1,6-10H2,2-4H3/t13-,14-,16-/m0/s1. The summed E-state index contributed by atoms with van der Waals surface area (Å²) in [4.78, 5) is 0.128. The van der Waals surface area contributed by atoms with Crippen molar-refractivity contribution in [3.05, 3.63) is 23.8 Å². The number of ether oxygens (including phenoxy) is 1. The normalized spacial score (nSPS) is 38.4. The maximum atomic E-state index is 10.2. The Kier molecular flexibility index (Phi) is 4.29. The van der Waals surface area contributed by atoms with Gasteiger partial charge in [-0.05, 0) is 36.7 Å². The molecule has 0 saturated heterocycles. The van der Waals surface area contributed by atoms with Gasteiger partial charge in [0.25, 0.3) is 0 Å². The van der Waals surface area contributed by atoms with E-state index in [4.69, 9.17) is 4.74 Å². The van der Waals surface area contributed by atoms with E-state index in [2.05, 4.69) is 42.4 Å². The second-order valence-electron chi connectivity index (χ2n) is 6.58. The quantitative estimate of drug-likeness (QED) is 0.616. The van der Waals surface area contributed by atoms with E-state index in [1.54, 1.807) is 7.11 Å². The molecule has 0 heterocycles. The summed E-state index contributed by atoms with van der Waals surface area (Å²) in [5.41, 5.74) is 2.73. The molecule has 1 N–H and O–H groups in total. The minimum absolute atomic E-state index is 0.0108.